The van der Waals surface area contributed by atoms with Gasteiger partial charge >= 0.3 is 0 Å². The summed E-state index contributed by atoms with van der Waals surface area (Å²) in [5.74, 6) is -1.40. The van der Waals surface area contributed by atoms with Crippen LogP contribution in [0.2, 0.25) is 0 Å². The van der Waals surface area contributed by atoms with Gasteiger partial charge in [-0.1, -0.05) is 37.3 Å². The van der Waals surface area contributed by atoms with Crippen LogP contribution in [0.15, 0.2) is 30.3 Å². The number of fused-ring (bicyclic) bond motifs is 1. The fourth-order valence-corrected chi connectivity index (χ4v) is 7.71. The quantitative estimate of drug-likeness (QED) is 0.560. The second kappa shape index (κ2) is 8.82. The maximum Gasteiger partial charge on any atom is 0.244 e. The number of aliphatic hydroxyl groups is 1. The van der Waals surface area contributed by atoms with E-state index in [-0.39, 0.29) is 29.6 Å². The van der Waals surface area contributed by atoms with Crippen LogP contribution in [0.3, 0.4) is 0 Å². The largest absolute Gasteiger partial charge is 0.394 e. The summed E-state index contributed by atoms with van der Waals surface area (Å²) >= 11 is 1.65. The molecule has 3 aliphatic heterocycles. The second-order valence-corrected chi connectivity index (χ2v) is 10.4. The summed E-state index contributed by atoms with van der Waals surface area (Å²) in [4.78, 5) is 41.6. The minimum absolute atomic E-state index is 0.0572. The highest BCUT2D eigenvalue weighted by Crippen LogP contribution is 2.66. The Morgan fingerprint density at radius 1 is 1.26 bits per heavy atom. The minimum Gasteiger partial charge on any atom is -0.394 e. The van der Waals surface area contributed by atoms with Gasteiger partial charge in [0.15, 0.2) is 0 Å². The molecule has 3 fully saturated rings. The lowest BCUT2D eigenvalue weighted by molar-refractivity contribution is -0.142. The fourth-order valence-electron chi connectivity index (χ4n) is 5.50. The van der Waals surface area contributed by atoms with Crippen molar-refractivity contribution in [1.29, 1.82) is 0 Å². The Morgan fingerprint density at radius 3 is 2.68 bits per heavy atom. The molecule has 168 valence electrons. The molecule has 0 aliphatic carbocycles. The molecule has 0 radical (unpaired) electrons. The number of nitrogens with zero attached hydrogens (tertiary/aromatic N) is 1. The number of amides is 3. The van der Waals surface area contributed by atoms with Crippen LogP contribution in [0, 0.1) is 11.8 Å². The maximum atomic E-state index is 13.6. The molecule has 3 amide bonds. The lowest BCUT2D eigenvalue weighted by Crippen LogP contribution is -2.55. The highest BCUT2D eigenvalue weighted by molar-refractivity contribution is 8.02. The maximum absolute atomic E-state index is 13.6. The normalized spacial score (nSPS) is 32.1. The predicted molar refractivity (Wildman–Crippen MR) is 119 cm³/mol. The summed E-state index contributed by atoms with van der Waals surface area (Å²) in [6.45, 7) is 4.49. The first-order chi connectivity index (χ1) is 14.9. The molecule has 2 unspecified atom stereocenters. The summed E-state index contributed by atoms with van der Waals surface area (Å²) in [5.41, 5.74) is 0.983. The molecule has 3 heterocycles. The number of likely N-dealkylation sites (tertiary alicyclic amines) is 1. The van der Waals surface area contributed by atoms with Crippen molar-refractivity contribution in [3.63, 3.8) is 0 Å². The van der Waals surface area contributed by atoms with Gasteiger partial charge in [0.1, 0.15) is 6.04 Å². The molecule has 7 nitrogen and oxygen atoms in total. The third kappa shape index (κ3) is 3.63. The van der Waals surface area contributed by atoms with Crippen LogP contribution in [0.25, 0.3) is 0 Å². The van der Waals surface area contributed by atoms with Crippen molar-refractivity contribution in [2.75, 3.05) is 13.2 Å². The summed E-state index contributed by atoms with van der Waals surface area (Å²) in [6, 6.07) is 8.48. The molecule has 1 aromatic carbocycles. The highest BCUT2D eigenvalue weighted by atomic mass is 32.2. The van der Waals surface area contributed by atoms with Gasteiger partial charge in [0.25, 0.3) is 0 Å². The number of hydrogen-bond donors (Lipinski definition) is 3. The SMILES string of the molecule is CCCNC(=O)[C@@H]1[C@@H]2CCC3(S2)C(C(=O)NCc2ccccc2)N([C@H](C)CO)C(=O)[C@H]13. The number of benzene rings is 1. The predicted octanol–water partition coefficient (Wildman–Crippen LogP) is 1.30. The molecule has 2 bridgehead atoms. The average molecular weight is 446 g/mol. The smallest absolute Gasteiger partial charge is 0.244 e. The lowest BCUT2D eigenvalue weighted by Gasteiger charge is -2.36. The van der Waals surface area contributed by atoms with Gasteiger partial charge in [0, 0.05) is 18.3 Å². The number of aliphatic hydroxyl groups excluding tert-OH is 1. The molecule has 4 rings (SSSR count). The third-order valence-corrected chi connectivity index (χ3v) is 8.84. The van der Waals surface area contributed by atoms with Gasteiger partial charge in [-0.15, -0.1) is 11.8 Å². The number of rotatable bonds is 8. The average Bonchev–Trinajstić information content (AvgIpc) is 3.43. The van der Waals surface area contributed by atoms with Crippen LogP contribution in [0.4, 0.5) is 0 Å². The fraction of sp³-hybridized carbons (Fsp3) is 0.609. The first kappa shape index (κ1) is 22.1. The second-order valence-electron chi connectivity index (χ2n) is 8.83. The standard InChI is InChI=1S/C23H31N3O4S/c1-3-11-24-20(28)17-16-9-10-23(31-16)18(17)22(30)26(14(2)13-27)19(23)21(29)25-12-15-7-5-4-6-8-15/h4-8,14,16-19,27H,3,9-13H2,1-2H3,(H,24,28)(H,25,29)/t14-,16+,17-,18+,19?,23?/m1/s1. The topological polar surface area (TPSA) is 98.7 Å². The van der Waals surface area contributed by atoms with Gasteiger partial charge in [-0.05, 0) is 31.7 Å². The van der Waals surface area contributed by atoms with Crippen LogP contribution < -0.4 is 10.6 Å². The highest BCUT2D eigenvalue weighted by Gasteiger charge is 2.73. The molecular weight excluding hydrogens is 414 g/mol. The zero-order chi connectivity index (χ0) is 22.2. The first-order valence-electron chi connectivity index (χ1n) is 11.1. The molecule has 1 aromatic rings. The molecular formula is C23H31N3O4S. The Balaban J connectivity index is 1.63. The van der Waals surface area contributed by atoms with Gasteiger partial charge < -0.3 is 20.6 Å². The number of carbonyl (C=O) groups excluding carboxylic acids is 3. The van der Waals surface area contributed by atoms with E-state index in [1.54, 1.807) is 23.6 Å². The Hall–Kier alpha value is -2.06. The van der Waals surface area contributed by atoms with Crippen molar-refractivity contribution in [3.8, 4) is 0 Å². The number of hydrogen-bond acceptors (Lipinski definition) is 5. The summed E-state index contributed by atoms with van der Waals surface area (Å²) in [5, 5.41) is 15.9. The van der Waals surface area contributed by atoms with E-state index < -0.39 is 28.7 Å². The zero-order valence-corrected chi connectivity index (χ0v) is 18.9. The van der Waals surface area contributed by atoms with Crippen molar-refractivity contribution in [1.82, 2.24) is 15.5 Å². The first-order valence-corrected chi connectivity index (χ1v) is 12.0. The Labute approximate surface area is 187 Å². The molecule has 0 aromatic heterocycles. The summed E-state index contributed by atoms with van der Waals surface area (Å²) in [6.07, 6.45) is 2.38. The summed E-state index contributed by atoms with van der Waals surface area (Å²) in [7, 11) is 0. The number of nitrogens with one attached hydrogen (secondary N) is 2. The Kier molecular flexibility index (Phi) is 6.30. The van der Waals surface area contributed by atoms with Crippen molar-refractivity contribution < 1.29 is 19.5 Å². The Bertz CT molecular complexity index is 850. The molecule has 6 atom stereocenters. The molecule has 3 saturated heterocycles. The van der Waals surface area contributed by atoms with E-state index >= 15 is 0 Å². The lowest BCUT2D eigenvalue weighted by atomic mass is 9.70. The van der Waals surface area contributed by atoms with E-state index in [1.807, 2.05) is 37.3 Å². The van der Waals surface area contributed by atoms with Crippen LogP contribution in [0.1, 0.15) is 38.7 Å². The van der Waals surface area contributed by atoms with Crippen LogP contribution in [-0.2, 0) is 20.9 Å². The minimum atomic E-state index is -0.685. The van der Waals surface area contributed by atoms with Crippen molar-refractivity contribution in [2.45, 2.75) is 61.7 Å². The van der Waals surface area contributed by atoms with E-state index in [1.165, 1.54) is 0 Å². The van der Waals surface area contributed by atoms with Gasteiger partial charge in [-0.2, -0.15) is 0 Å². The van der Waals surface area contributed by atoms with Gasteiger partial charge in [-0.3, -0.25) is 14.4 Å². The Morgan fingerprint density at radius 2 is 2.00 bits per heavy atom. The number of thioether (sulfide) groups is 1. The third-order valence-electron chi connectivity index (χ3n) is 6.89. The van der Waals surface area contributed by atoms with Crippen LogP contribution in [-0.4, -0.2) is 63.0 Å². The van der Waals surface area contributed by atoms with Crippen LogP contribution >= 0.6 is 11.8 Å². The molecule has 1 spiro atoms. The number of carbonyl (C=O) groups is 3. The monoisotopic (exact) mass is 445 g/mol. The van der Waals surface area contributed by atoms with Crippen molar-refractivity contribution in [3.05, 3.63) is 35.9 Å². The molecule has 0 saturated carbocycles. The molecule has 3 aliphatic rings. The van der Waals surface area contributed by atoms with E-state index in [0.717, 1.165) is 24.8 Å². The molecule has 3 N–H and O–H groups in total. The summed E-state index contributed by atoms with van der Waals surface area (Å²) < 4.78 is -0.611. The van der Waals surface area contributed by atoms with E-state index in [9.17, 15) is 19.5 Å². The molecule has 8 heteroatoms. The van der Waals surface area contributed by atoms with Gasteiger partial charge in [0.05, 0.1) is 29.2 Å². The molecule has 31 heavy (non-hydrogen) atoms. The zero-order valence-electron chi connectivity index (χ0n) is 18.0. The van der Waals surface area contributed by atoms with Crippen molar-refractivity contribution in [2.24, 2.45) is 11.8 Å². The van der Waals surface area contributed by atoms with E-state index in [0.29, 0.717) is 13.1 Å². The van der Waals surface area contributed by atoms with E-state index in [4.69, 9.17) is 0 Å². The van der Waals surface area contributed by atoms with Crippen molar-refractivity contribution >= 4 is 29.5 Å². The van der Waals surface area contributed by atoms with Gasteiger partial charge in [-0.25, -0.2) is 0 Å². The van der Waals surface area contributed by atoms with Crippen LogP contribution in [0.5, 0.6) is 0 Å². The van der Waals surface area contributed by atoms with Gasteiger partial charge in [0.2, 0.25) is 17.7 Å². The van der Waals surface area contributed by atoms with E-state index in [2.05, 4.69) is 10.6 Å².